The number of hydrogen-bond acceptors (Lipinski definition) is 3. The Balaban J connectivity index is 3.54. The van der Waals surface area contributed by atoms with Crippen LogP contribution in [0.1, 0.15) is 58.8 Å². The summed E-state index contributed by atoms with van der Waals surface area (Å²) >= 11 is 0. The molecule has 1 N–H and O–H groups in total. The van der Waals surface area contributed by atoms with Crippen LogP contribution in [0, 0.1) is 0 Å². The quantitative estimate of drug-likeness (QED) is 0.311. The van der Waals surface area contributed by atoms with Crippen molar-refractivity contribution in [3.63, 3.8) is 0 Å². The summed E-state index contributed by atoms with van der Waals surface area (Å²) in [6, 6.07) is 0. The highest BCUT2D eigenvalue weighted by Crippen LogP contribution is 2.10. The molecule has 0 amide bonds. The van der Waals surface area contributed by atoms with Crippen LogP contribution >= 0.6 is 0 Å². The third-order valence-electron chi connectivity index (χ3n) is 2.54. The molecule has 18 heavy (non-hydrogen) atoms. The molecular weight excluding hydrogens is 228 g/mol. The average molecular weight is 258 g/mol. The second kappa shape index (κ2) is 14.7. The lowest BCUT2D eigenvalue weighted by Crippen LogP contribution is -2.18. The van der Waals surface area contributed by atoms with Crippen molar-refractivity contribution in [3.8, 4) is 0 Å². The fourth-order valence-corrected chi connectivity index (χ4v) is 1.60. The maximum absolute atomic E-state index is 8.62. The molecule has 0 saturated heterocycles. The van der Waals surface area contributed by atoms with E-state index in [0.717, 1.165) is 58.2 Å². The second-order valence-corrected chi connectivity index (χ2v) is 4.44. The van der Waals surface area contributed by atoms with Crippen LogP contribution in [0.15, 0.2) is 12.2 Å². The summed E-state index contributed by atoms with van der Waals surface area (Å²) < 4.78 is 11.3. The minimum atomic E-state index is -0.0219. The van der Waals surface area contributed by atoms with E-state index in [2.05, 4.69) is 19.9 Å². The zero-order chi connectivity index (χ0) is 13.5. The first-order valence-corrected chi connectivity index (χ1v) is 7.34. The molecule has 0 aliphatic heterocycles. The van der Waals surface area contributed by atoms with E-state index in [0.29, 0.717) is 0 Å². The van der Waals surface area contributed by atoms with E-state index in [-0.39, 0.29) is 12.9 Å². The third-order valence-corrected chi connectivity index (χ3v) is 2.54. The van der Waals surface area contributed by atoms with Crippen LogP contribution in [0.2, 0.25) is 0 Å². The monoisotopic (exact) mass is 258 g/mol. The number of allylic oxidation sites excluding steroid dienone is 1. The predicted octanol–water partition coefficient (Wildman–Crippen LogP) is 3.66. The Morgan fingerprint density at radius 2 is 1.56 bits per heavy atom. The van der Waals surface area contributed by atoms with Crippen LogP contribution in [0.5, 0.6) is 0 Å². The SMILES string of the molecule is CCCOC(CCCC/C=C\CCO)OCCC. The van der Waals surface area contributed by atoms with Gasteiger partial charge in [0, 0.05) is 19.8 Å². The molecule has 108 valence electrons. The number of aliphatic hydroxyl groups is 1. The number of aliphatic hydroxyl groups excluding tert-OH is 1. The van der Waals surface area contributed by atoms with E-state index >= 15 is 0 Å². The van der Waals surface area contributed by atoms with Crippen molar-refractivity contribution in [2.24, 2.45) is 0 Å². The molecule has 0 heterocycles. The molecule has 0 atom stereocenters. The third kappa shape index (κ3) is 12.1. The van der Waals surface area contributed by atoms with Crippen LogP contribution in [0.4, 0.5) is 0 Å². The van der Waals surface area contributed by atoms with Crippen molar-refractivity contribution in [3.05, 3.63) is 12.2 Å². The van der Waals surface area contributed by atoms with Gasteiger partial charge in [0.15, 0.2) is 6.29 Å². The van der Waals surface area contributed by atoms with Gasteiger partial charge in [0.2, 0.25) is 0 Å². The summed E-state index contributed by atoms with van der Waals surface area (Å²) in [6.07, 6.45) is 11.3. The normalized spacial score (nSPS) is 11.8. The minimum absolute atomic E-state index is 0.0219. The molecule has 0 saturated carbocycles. The van der Waals surface area contributed by atoms with Gasteiger partial charge in [-0.1, -0.05) is 26.0 Å². The lowest BCUT2D eigenvalue weighted by Gasteiger charge is -2.17. The molecule has 0 bridgehead atoms. The lowest BCUT2D eigenvalue weighted by atomic mass is 10.2. The van der Waals surface area contributed by atoms with Crippen LogP contribution in [-0.2, 0) is 9.47 Å². The first-order chi connectivity index (χ1) is 8.85. The van der Waals surface area contributed by atoms with Crippen LogP contribution in [0.25, 0.3) is 0 Å². The van der Waals surface area contributed by atoms with E-state index in [1.807, 2.05) is 6.08 Å². The summed E-state index contributed by atoms with van der Waals surface area (Å²) in [6.45, 7) is 6.04. The lowest BCUT2D eigenvalue weighted by molar-refractivity contribution is -0.146. The fourth-order valence-electron chi connectivity index (χ4n) is 1.60. The van der Waals surface area contributed by atoms with Crippen molar-refractivity contribution < 1.29 is 14.6 Å². The Morgan fingerprint density at radius 1 is 0.944 bits per heavy atom. The first-order valence-electron chi connectivity index (χ1n) is 7.34. The largest absolute Gasteiger partial charge is 0.396 e. The van der Waals surface area contributed by atoms with Crippen LogP contribution in [-0.4, -0.2) is 31.2 Å². The van der Waals surface area contributed by atoms with Gasteiger partial charge in [0.1, 0.15) is 0 Å². The van der Waals surface area contributed by atoms with Gasteiger partial charge in [0.25, 0.3) is 0 Å². The second-order valence-electron chi connectivity index (χ2n) is 4.44. The highest BCUT2D eigenvalue weighted by Gasteiger charge is 2.07. The predicted molar refractivity (Wildman–Crippen MR) is 75.6 cm³/mol. The van der Waals surface area contributed by atoms with Gasteiger partial charge in [-0.05, 0) is 44.9 Å². The van der Waals surface area contributed by atoms with Crippen molar-refractivity contribution in [1.82, 2.24) is 0 Å². The zero-order valence-electron chi connectivity index (χ0n) is 12.1. The summed E-state index contributed by atoms with van der Waals surface area (Å²) in [7, 11) is 0. The smallest absolute Gasteiger partial charge is 0.157 e. The highest BCUT2D eigenvalue weighted by molar-refractivity contribution is 4.80. The maximum Gasteiger partial charge on any atom is 0.157 e. The standard InChI is InChI=1S/C15H30O3/c1-3-13-17-15(18-14-4-2)11-9-7-5-6-8-10-12-16/h6,8,15-16H,3-5,7,9-14H2,1-2H3/b8-6-. The van der Waals surface area contributed by atoms with E-state index in [9.17, 15) is 0 Å². The van der Waals surface area contributed by atoms with Crippen molar-refractivity contribution in [2.45, 2.75) is 65.1 Å². The van der Waals surface area contributed by atoms with Crippen molar-refractivity contribution in [2.75, 3.05) is 19.8 Å². The Morgan fingerprint density at radius 3 is 2.11 bits per heavy atom. The molecule has 0 aliphatic carbocycles. The van der Waals surface area contributed by atoms with E-state index in [4.69, 9.17) is 14.6 Å². The van der Waals surface area contributed by atoms with Gasteiger partial charge >= 0.3 is 0 Å². The van der Waals surface area contributed by atoms with Gasteiger partial charge < -0.3 is 14.6 Å². The Hall–Kier alpha value is -0.380. The minimum Gasteiger partial charge on any atom is -0.396 e. The molecule has 3 heteroatoms. The molecule has 0 rings (SSSR count). The summed E-state index contributed by atoms with van der Waals surface area (Å²) in [4.78, 5) is 0. The number of rotatable bonds is 13. The number of unbranched alkanes of at least 4 members (excludes halogenated alkanes) is 2. The van der Waals surface area contributed by atoms with Crippen molar-refractivity contribution >= 4 is 0 Å². The molecule has 0 spiro atoms. The highest BCUT2D eigenvalue weighted by atomic mass is 16.7. The zero-order valence-corrected chi connectivity index (χ0v) is 12.1. The average Bonchev–Trinajstić information content (AvgIpc) is 2.40. The van der Waals surface area contributed by atoms with Crippen LogP contribution in [0.3, 0.4) is 0 Å². The summed E-state index contributed by atoms with van der Waals surface area (Å²) in [5, 5.41) is 8.62. The molecular formula is C15H30O3. The van der Waals surface area contributed by atoms with Gasteiger partial charge in [0.05, 0.1) is 0 Å². The first kappa shape index (κ1) is 17.6. The molecule has 3 nitrogen and oxygen atoms in total. The van der Waals surface area contributed by atoms with Gasteiger partial charge in [-0.2, -0.15) is 0 Å². The van der Waals surface area contributed by atoms with E-state index in [1.54, 1.807) is 0 Å². The van der Waals surface area contributed by atoms with Gasteiger partial charge in [-0.3, -0.25) is 0 Å². The molecule has 0 aromatic heterocycles. The molecule has 0 aromatic carbocycles. The Bertz CT molecular complexity index is 173. The number of ether oxygens (including phenoxy) is 2. The van der Waals surface area contributed by atoms with Gasteiger partial charge in [-0.25, -0.2) is 0 Å². The van der Waals surface area contributed by atoms with E-state index < -0.39 is 0 Å². The Labute approximate surface area is 112 Å². The topological polar surface area (TPSA) is 38.7 Å². The summed E-state index contributed by atoms with van der Waals surface area (Å²) in [5.41, 5.74) is 0. The maximum atomic E-state index is 8.62. The molecule has 0 fully saturated rings. The number of hydrogen-bond donors (Lipinski definition) is 1. The molecule has 0 unspecified atom stereocenters. The van der Waals surface area contributed by atoms with E-state index in [1.165, 1.54) is 0 Å². The Kier molecular flexibility index (Phi) is 14.4. The van der Waals surface area contributed by atoms with Gasteiger partial charge in [-0.15, -0.1) is 0 Å². The fraction of sp³-hybridized carbons (Fsp3) is 0.867. The summed E-state index contributed by atoms with van der Waals surface area (Å²) in [5.74, 6) is 0. The molecule has 0 aliphatic rings. The van der Waals surface area contributed by atoms with Crippen molar-refractivity contribution in [1.29, 1.82) is 0 Å². The van der Waals surface area contributed by atoms with Crippen LogP contribution < -0.4 is 0 Å². The molecule has 0 radical (unpaired) electrons. The molecule has 0 aromatic rings.